The number of halogens is 1. The van der Waals surface area contributed by atoms with Gasteiger partial charge in [-0.1, -0.05) is 41.4 Å². The van der Waals surface area contributed by atoms with Gasteiger partial charge < -0.3 is 10.1 Å². The molecule has 0 atom stereocenters. The molecule has 1 amide bonds. The van der Waals surface area contributed by atoms with Crippen molar-refractivity contribution in [1.29, 1.82) is 0 Å². The molecule has 0 aliphatic carbocycles. The molecule has 0 fully saturated rings. The van der Waals surface area contributed by atoms with Crippen LogP contribution in [-0.2, 0) is 11.2 Å². The van der Waals surface area contributed by atoms with Gasteiger partial charge in [0.15, 0.2) is 0 Å². The van der Waals surface area contributed by atoms with E-state index >= 15 is 0 Å². The predicted octanol–water partition coefficient (Wildman–Crippen LogP) is 4.00. The molecule has 0 unspecified atom stereocenters. The minimum atomic E-state index is 0.00392. The van der Waals surface area contributed by atoms with Gasteiger partial charge in [0.2, 0.25) is 5.91 Å². The molecule has 2 rings (SSSR count). The molecule has 4 heteroatoms. The first-order valence-electron chi connectivity index (χ1n) is 7.67. The molecule has 0 radical (unpaired) electrons. The van der Waals surface area contributed by atoms with E-state index in [1.807, 2.05) is 39.0 Å². The van der Waals surface area contributed by atoms with Gasteiger partial charge in [-0.25, -0.2) is 0 Å². The Hall–Kier alpha value is -2.00. The van der Waals surface area contributed by atoms with Crippen LogP contribution in [0.4, 0.5) is 0 Å². The first kappa shape index (κ1) is 17.4. The molecule has 23 heavy (non-hydrogen) atoms. The van der Waals surface area contributed by atoms with Crippen molar-refractivity contribution in [2.45, 2.75) is 27.2 Å². The second kappa shape index (κ2) is 8.02. The predicted molar refractivity (Wildman–Crippen MR) is 94.3 cm³/mol. The van der Waals surface area contributed by atoms with Crippen molar-refractivity contribution in [3.05, 3.63) is 63.7 Å². The summed E-state index contributed by atoms with van der Waals surface area (Å²) in [6.45, 7) is 6.88. The molecule has 0 aromatic heterocycles. The lowest BCUT2D eigenvalue weighted by molar-refractivity contribution is -0.120. The zero-order chi connectivity index (χ0) is 16.8. The maximum Gasteiger partial charge on any atom is 0.224 e. The molecule has 0 spiro atoms. The first-order chi connectivity index (χ1) is 11.0. The minimum absolute atomic E-state index is 0.00392. The Morgan fingerprint density at radius 2 is 1.83 bits per heavy atom. The molecule has 0 heterocycles. The number of nitrogens with one attached hydrogen (secondary N) is 1. The third kappa shape index (κ3) is 5.29. The Morgan fingerprint density at radius 3 is 2.57 bits per heavy atom. The van der Waals surface area contributed by atoms with E-state index in [0.717, 1.165) is 22.3 Å². The van der Waals surface area contributed by atoms with Crippen LogP contribution in [-0.4, -0.2) is 19.1 Å². The van der Waals surface area contributed by atoms with E-state index < -0.39 is 0 Å². The van der Waals surface area contributed by atoms with Crippen molar-refractivity contribution in [2.75, 3.05) is 13.2 Å². The van der Waals surface area contributed by atoms with E-state index in [4.69, 9.17) is 16.3 Å². The van der Waals surface area contributed by atoms with E-state index in [9.17, 15) is 4.79 Å². The van der Waals surface area contributed by atoms with Gasteiger partial charge in [0, 0.05) is 5.02 Å². The molecule has 0 aliphatic rings. The average molecular weight is 332 g/mol. The summed E-state index contributed by atoms with van der Waals surface area (Å²) in [6, 6.07) is 11.7. The Balaban J connectivity index is 1.76. The summed E-state index contributed by atoms with van der Waals surface area (Å²) in [5.41, 5.74) is 4.38. The molecule has 0 bridgehead atoms. The largest absolute Gasteiger partial charge is 0.492 e. The maximum atomic E-state index is 12.0. The van der Waals surface area contributed by atoms with Crippen LogP contribution in [0.1, 0.15) is 22.3 Å². The van der Waals surface area contributed by atoms with E-state index in [2.05, 4.69) is 17.4 Å². The lowest BCUT2D eigenvalue weighted by atomic mass is 10.0. The third-order valence-corrected chi connectivity index (χ3v) is 4.10. The van der Waals surface area contributed by atoms with Gasteiger partial charge in [-0.05, 0) is 49.6 Å². The standard InChI is InChI=1S/C19H22ClNO2/c1-13-4-5-14(2)16(10-13)11-19(22)21-8-9-23-17-7-6-15(3)18(20)12-17/h4-7,10,12H,8-9,11H2,1-3H3,(H,21,22). The highest BCUT2D eigenvalue weighted by atomic mass is 35.5. The summed E-state index contributed by atoms with van der Waals surface area (Å²) >= 11 is 6.05. The summed E-state index contributed by atoms with van der Waals surface area (Å²) < 4.78 is 5.59. The quantitative estimate of drug-likeness (QED) is 0.812. The minimum Gasteiger partial charge on any atom is -0.492 e. The topological polar surface area (TPSA) is 38.3 Å². The fraction of sp³-hybridized carbons (Fsp3) is 0.316. The molecule has 122 valence electrons. The summed E-state index contributed by atoms with van der Waals surface area (Å²) in [4.78, 5) is 12.0. The molecule has 0 saturated carbocycles. The molecule has 0 saturated heterocycles. The zero-order valence-corrected chi connectivity index (χ0v) is 14.5. The molecular weight excluding hydrogens is 310 g/mol. The van der Waals surface area contributed by atoms with E-state index in [1.165, 1.54) is 0 Å². The third-order valence-electron chi connectivity index (χ3n) is 3.69. The molecule has 2 aromatic rings. The number of carbonyl (C=O) groups excluding carboxylic acids is 1. The monoisotopic (exact) mass is 331 g/mol. The number of rotatable bonds is 6. The van der Waals surface area contributed by atoms with Crippen LogP contribution in [0.3, 0.4) is 0 Å². The van der Waals surface area contributed by atoms with Crippen molar-refractivity contribution in [2.24, 2.45) is 0 Å². The van der Waals surface area contributed by atoms with Gasteiger partial charge in [0.1, 0.15) is 12.4 Å². The first-order valence-corrected chi connectivity index (χ1v) is 8.05. The Labute approximate surface area is 142 Å². The highest BCUT2D eigenvalue weighted by Gasteiger charge is 2.06. The number of ether oxygens (including phenoxy) is 1. The SMILES string of the molecule is Cc1ccc(C)c(CC(=O)NCCOc2ccc(C)c(Cl)c2)c1. The summed E-state index contributed by atoms with van der Waals surface area (Å²) in [7, 11) is 0. The van der Waals surface area contributed by atoms with Crippen molar-refractivity contribution < 1.29 is 9.53 Å². The fourth-order valence-corrected chi connectivity index (χ4v) is 2.42. The highest BCUT2D eigenvalue weighted by molar-refractivity contribution is 6.31. The van der Waals surface area contributed by atoms with Gasteiger partial charge in [-0.2, -0.15) is 0 Å². The Bertz CT molecular complexity index is 698. The van der Waals surface area contributed by atoms with Gasteiger partial charge >= 0.3 is 0 Å². The van der Waals surface area contributed by atoms with Crippen LogP contribution in [0, 0.1) is 20.8 Å². The van der Waals surface area contributed by atoms with Gasteiger partial charge in [-0.15, -0.1) is 0 Å². The number of benzene rings is 2. The normalized spacial score (nSPS) is 10.4. The molecular formula is C19H22ClNO2. The number of hydrogen-bond acceptors (Lipinski definition) is 2. The smallest absolute Gasteiger partial charge is 0.224 e. The molecule has 0 aliphatic heterocycles. The highest BCUT2D eigenvalue weighted by Crippen LogP contribution is 2.21. The maximum absolute atomic E-state index is 12.0. The van der Waals surface area contributed by atoms with Crippen molar-refractivity contribution in [3.63, 3.8) is 0 Å². The summed E-state index contributed by atoms with van der Waals surface area (Å²) in [6.07, 6.45) is 0.393. The van der Waals surface area contributed by atoms with Crippen molar-refractivity contribution >= 4 is 17.5 Å². The molecule has 2 aromatic carbocycles. The van der Waals surface area contributed by atoms with Crippen molar-refractivity contribution in [3.8, 4) is 5.75 Å². The van der Waals surface area contributed by atoms with Crippen LogP contribution < -0.4 is 10.1 Å². The Morgan fingerprint density at radius 1 is 1.09 bits per heavy atom. The summed E-state index contributed by atoms with van der Waals surface area (Å²) in [5, 5.41) is 3.56. The van der Waals surface area contributed by atoms with Crippen LogP contribution >= 0.6 is 11.6 Å². The average Bonchev–Trinajstić information content (AvgIpc) is 2.51. The van der Waals surface area contributed by atoms with E-state index in [1.54, 1.807) is 6.07 Å². The number of carbonyl (C=O) groups is 1. The fourth-order valence-electron chi connectivity index (χ4n) is 2.25. The lowest BCUT2D eigenvalue weighted by Gasteiger charge is -2.10. The van der Waals surface area contributed by atoms with Crippen molar-refractivity contribution in [1.82, 2.24) is 5.32 Å². The lowest BCUT2D eigenvalue weighted by Crippen LogP contribution is -2.29. The van der Waals surface area contributed by atoms with Gasteiger partial charge in [0.25, 0.3) is 0 Å². The molecule has 1 N–H and O–H groups in total. The van der Waals surface area contributed by atoms with E-state index in [-0.39, 0.29) is 5.91 Å². The van der Waals surface area contributed by atoms with E-state index in [0.29, 0.717) is 30.3 Å². The number of amides is 1. The number of aryl methyl sites for hydroxylation is 3. The van der Waals surface area contributed by atoms with Gasteiger partial charge in [0.05, 0.1) is 13.0 Å². The van der Waals surface area contributed by atoms with Crippen LogP contribution in [0.5, 0.6) is 5.75 Å². The van der Waals surface area contributed by atoms with Gasteiger partial charge in [-0.3, -0.25) is 4.79 Å². The molecule has 3 nitrogen and oxygen atoms in total. The van der Waals surface area contributed by atoms with Crippen LogP contribution in [0.15, 0.2) is 36.4 Å². The second-order valence-corrected chi connectivity index (χ2v) is 6.12. The number of hydrogen-bond donors (Lipinski definition) is 1. The van der Waals surface area contributed by atoms with Crippen LogP contribution in [0.2, 0.25) is 5.02 Å². The Kier molecular flexibility index (Phi) is 6.05. The van der Waals surface area contributed by atoms with Crippen LogP contribution in [0.25, 0.3) is 0 Å². The zero-order valence-electron chi connectivity index (χ0n) is 13.8. The summed E-state index contributed by atoms with van der Waals surface area (Å²) in [5.74, 6) is 0.716. The second-order valence-electron chi connectivity index (χ2n) is 5.72.